The fraction of sp³-hybridized carbons (Fsp3) is 0.240. The van der Waals surface area contributed by atoms with Crippen LogP contribution >= 0.6 is 11.3 Å². The summed E-state index contributed by atoms with van der Waals surface area (Å²) in [7, 11) is 2.33. The van der Waals surface area contributed by atoms with Gasteiger partial charge in [-0.15, -0.1) is 0 Å². The fourth-order valence-corrected chi connectivity index (χ4v) is 10.4. The molecule has 9 rings (SSSR count). The lowest BCUT2D eigenvalue weighted by molar-refractivity contribution is -0.178. The molecule has 328 valence electrons. The van der Waals surface area contributed by atoms with Crippen molar-refractivity contribution in [3.8, 4) is 17.6 Å². The van der Waals surface area contributed by atoms with Crippen molar-refractivity contribution in [3.05, 3.63) is 155 Å². The van der Waals surface area contributed by atoms with Crippen LogP contribution in [0.4, 0.5) is 10.8 Å². The molecule has 1 aromatic heterocycles. The number of hydrogen-bond acceptors (Lipinski definition) is 13. The van der Waals surface area contributed by atoms with Crippen LogP contribution in [-0.4, -0.2) is 78.2 Å². The number of methoxy groups -OCH3 is 2. The van der Waals surface area contributed by atoms with E-state index in [9.17, 15) is 14.7 Å². The smallest absolute Gasteiger partial charge is 0.324 e. The molecule has 4 heterocycles. The predicted octanol–water partition coefficient (Wildman–Crippen LogP) is 6.28. The van der Waals surface area contributed by atoms with Crippen LogP contribution in [0, 0.1) is 23.7 Å². The number of fused-ring (bicyclic) bond motifs is 4. The zero-order chi connectivity index (χ0) is 45.2. The number of anilines is 2. The number of esters is 3. The summed E-state index contributed by atoms with van der Waals surface area (Å²) in [6.07, 6.45) is -1.14. The monoisotopic (exact) mass is 890 g/mol. The largest absolute Gasteiger partial charge is 0.491 e. The second kappa shape index (κ2) is 18.0. The summed E-state index contributed by atoms with van der Waals surface area (Å²) in [5, 5.41) is 16.3. The van der Waals surface area contributed by atoms with Crippen molar-refractivity contribution < 1.29 is 48.0 Å². The topological polar surface area (TPSA) is 183 Å². The number of aliphatic hydroxyl groups is 1. The Balaban J connectivity index is 1.31. The Morgan fingerprint density at radius 1 is 0.877 bits per heavy atom. The van der Waals surface area contributed by atoms with Crippen LogP contribution in [-0.2, 0) is 43.6 Å². The van der Waals surface area contributed by atoms with Crippen molar-refractivity contribution in [2.45, 2.75) is 36.1 Å². The molecule has 3 N–H and O–H groups in total. The number of amides is 2. The Hall–Kier alpha value is -7.38. The number of para-hydroxylation sites is 2. The van der Waals surface area contributed by atoms with Gasteiger partial charge in [0.15, 0.2) is 11.0 Å². The number of carbonyl (C=O) groups excluding carboxylic acids is 5. The molecule has 6 aromatic rings. The molecule has 0 bridgehead atoms. The second-order valence-electron chi connectivity index (χ2n) is 15.7. The molecule has 0 aliphatic carbocycles. The first-order valence-corrected chi connectivity index (χ1v) is 21.7. The average molecular weight is 891 g/mol. The quantitative estimate of drug-likeness (QED) is 0.0574. The Morgan fingerprint density at radius 3 is 2.26 bits per heavy atom. The first-order valence-electron chi connectivity index (χ1n) is 20.9. The van der Waals surface area contributed by atoms with Crippen molar-refractivity contribution in [1.82, 2.24) is 9.88 Å². The molecule has 2 saturated heterocycles. The van der Waals surface area contributed by atoms with E-state index in [0.29, 0.717) is 39.2 Å². The molecule has 14 nitrogen and oxygen atoms in total. The number of morpholine rings is 1. The SMILES string of the molecule is COC(=O)C(CC#Cc1ccc2c(c1)[C@]1(C(=O)N2)[C@H](c2ccccc2OCCO)N2[C@H](c3ccccc3)[C@H](c3ccccc3)OC(=O)[C@H]2[C@@H]1C(=O)Nc1nc2ccccc2s1)C(=O)OC. The molecule has 0 radical (unpaired) electrons. The van der Waals surface area contributed by atoms with Crippen LogP contribution in [0.1, 0.15) is 52.4 Å². The summed E-state index contributed by atoms with van der Waals surface area (Å²) >= 11 is 1.26. The van der Waals surface area contributed by atoms with Gasteiger partial charge in [0.1, 0.15) is 29.9 Å². The van der Waals surface area contributed by atoms with Crippen LogP contribution in [0.15, 0.2) is 127 Å². The molecule has 5 aromatic carbocycles. The van der Waals surface area contributed by atoms with E-state index in [4.69, 9.17) is 23.9 Å². The Bertz CT molecular complexity index is 2830. The molecule has 3 aliphatic heterocycles. The standard InChI is InChI=1S/C50H42N4O10S/c1-61-45(57)33(46(58)62-2)20-13-14-29-24-25-35-34(28-29)50(48(60)51-35)39(44(56)53-49-52-36-21-10-12-23-38(36)65-49)41-47(59)64-42(31-17-7-4-8-18-31)40(30-15-5-3-6-16-30)54(41)43(50)32-19-9-11-22-37(32)63-27-26-55/h3-12,15-19,21-25,28,33,39-43,55H,20,26-27H2,1-2H3,(H,51,60)(H,52,53,56)/t39-,40-,41-,42+,43+,50-/m1/s1. The molecule has 2 fully saturated rings. The minimum atomic E-state index is -1.91. The molecular weight excluding hydrogens is 849 g/mol. The number of cyclic esters (lactones) is 1. The lowest BCUT2D eigenvalue weighted by Crippen LogP contribution is -2.53. The predicted molar refractivity (Wildman–Crippen MR) is 239 cm³/mol. The van der Waals surface area contributed by atoms with Gasteiger partial charge in [0.2, 0.25) is 11.8 Å². The van der Waals surface area contributed by atoms with Crippen molar-refractivity contribution in [2.75, 3.05) is 38.1 Å². The first-order chi connectivity index (χ1) is 31.7. The van der Waals surface area contributed by atoms with E-state index < -0.39 is 71.2 Å². The molecule has 65 heavy (non-hydrogen) atoms. The summed E-state index contributed by atoms with van der Waals surface area (Å²) in [6.45, 7) is -0.393. The van der Waals surface area contributed by atoms with Crippen molar-refractivity contribution >= 4 is 62.1 Å². The zero-order valence-corrected chi connectivity index (χ0v) is 36.0. The van der Waals surface area contributed by atoms with Crippen LogP contribution in [0.3, 0.4) is 0 Å². The summed E-state index contributed by atoms with van der Waals surface area (Å²) in [5.41, 5.74) is 1.80. The van der Waals surface area contributed by atoms with Gasteiger partial charge >= 0.3 is 17.9 Å². The van der Waals surface area contributed by atoms with E-state index in [-0.39, 0.29) is 24.8 Å². The fourth-order valence-electron chi connectivity index (χ4n) is 9.55. The van der Waals surface area contributed by atoms with Gasteiger partial charge in [0.25, 0.3) is 0 Å². The number of hydrogen-bond donors (Lipinski definition) is 3. The number of aromatic nitrogens is 1. The van der Waals surface area contributed by atoms with E-state index >= 15 is 14.4 Å². The van der Waals surface area contributed by atoms with Gasteiger partial charge in [-0.05, 0) is 53.1 Å². The molecule has 1 spiro atoms. The summed E-state index contributed by atoms with van der Waals surface area (Å²) in [6, 6.07) is 35.1. The number of rotatable bonds is 11. The van der Waals surface area contributed by atoms with Crippen LogP contribution in [0.2, 0.25) is 0 Å². The van der Waals surface area contributed by atoms with Crippen molar-refractivity contribution in [2.24, 2.45) is 11.8 Å². The van der Waals surface area contributed by atoms with Crippen LogP contribution < -0.4 is 15.4 Å². The highest BCUT2D eigenvalue weighted by atomic mass is 32.1. The van der Waals surface area contributed by atoms with Gasteiger partial charge < -0.3 is 34.7 Å². The normalized spacial score (nSPS) is 22.0. The number of aliphatic hydroxyl groups excluding tert-OH is 1. The molecule has 0 saturated carbocycles. The van der Waals surface area contributed by atoms with E-state index in [2.05, 4.69) is 22.5 Å². The Kier molecular flexibility index (Phi) is 11.9. The summed E-state index contributed by atoms with van der Waals surface area (Å²) < 4.78 is 23.2. The number of benzene rings is 5. The molecule has 15 heteroatoms. The maximum absolute atomic E-state index is 15.6. The Morgan fingerprint density at radius 2 is 1.55 bits per heavy atom. The third kappa shape index (κ3) is 7.55. The first kappa shape index (κ1) is 42.9. The van der Waals surface area contributed by atoms with Gasteiger partial charge in [-0.2, -0.15) is 0 Å². The number of carbonyl (C=O) groups is 5. The van der Waals surface area contributed by atoms with Crippen LogP contribution in [0.25, 0.3) is 10.2 Å². The molecule has 2 amide bonds. The van der Waals surface area contributed by atoms with Crippen molar-refractivity contribution in [3.63, 3.8) is 0 Å². The number of nitrogens with one attached hydrogen (secondary N) is 2. The minimum Gasteiger partial charge on any atom is -0.491 e. The number of ether oxygens (including phenoxy) is 4. The average Bonchev–Trinajstić information content (AvgIpc) is 3.99. The van der Waals surface area contributed by atoms with Gasteiger partial charge in [0, 0.05) is 23.2 Å². The third-order valence-electron chi connectivity index (χ3n) is 12.2. The molecule has 6 atom stereocenters. The lowest BCUT2D eigenvalue weighted by Gasteiger charge is -2.46. The number of nitrogens with zero attached hydrogens (tertiary/aromatic N) is 2. The van der Waals surface area contributed by atoms with Crippen molar-refractivity contribution in [1.29, 1.82) is 0 Å². The summed E-state index contributed by atoms with van der Waals surface area (Å²) in [5.74, 6) is -0.0695. The summed E-state index contributed by atoms with van der Waals surface area (Å²) in [4.78, 5) is 78.1. The molecule has 3 aliphatic rings. The van der Waals surface area contributed by atoms with Crippen LogP contribution in [0.5, 0.6) is 5.75 Å². The van der Waals surface area contributed by atoms with Gasteiger partial charge in [-0.1, -0.05) is 114 Å². The third-order valence-corrected chi connectivity index (χ3v) is 13.1. The van der Waals surface area contributed by atoms with E-state index in [1.807, 2.05) is 89.8 Å². The zero-order valence-electron chi connectivity index (χ0n) is 35.1. The van der Waals surface area contributed by atoms with E-state index in [0.717, 1.165) is 24.5 Å². The number of thiazole rings is 1. The lowest BCUT2D eigenvalue weighted by atomic mass is 9.65. The van der Waals surface area contributed by atoms with Gasteiger partial charge in [-0.25, -0.2) is 4.98 Å². The second-order valence-corrected chi connectivity index (χ2v) is 16.7. The van der Waals surface area contributed by atoms with E-state index in [1.165, 1.54) is 11.3 Å². The minimum absolute atomic E-state index is 0.0842. The highest BCUT2D eigenvalue weighted by Crippen LogP contribution is 2.65. The maximum atomic E-state index is 15.6. The van der Waals surface area contributed by atoms with Gasteiger partial charge in [-0.3, -0.25) is 28.9 Å². The Labute approximate surface area is 377 Å². The van der Waals surface area contributed by atoms with Gasteiger partial charge in [0.05, 0.1) is 49.0 Å². The molecule has 0 unspecified atom stereocenters. The maximum Gasteiger partial charge on any atom is 0.324 e. The molecular formula is C50H42N4O10S. The highest BCUT2D eigenvalue weighted by Gasteiger charge is 2.74. The highest BCUT2D eigenvalue weighted by molar-refractivity contribution is 7.22. The van der Waals surface area contributed by atoms with E-state index in [1.54, 1.807) is 42.5 Å².